The van der Waals surface area contributed by atoms with Gasteiger partial charge in [-0.15, -0.1) is 0 Å². The second kappa shape index (κ2) is 7.41. The maximum atomic E-state index is 4.38. The summed E-state index contributed by atoms with van der Waals surface area (Å²) in [5.74, 6) is 1.82. The van der Waals surface area contributed by atoms with Crippen molar-refractivity contribution in [3.63, 3.8) is 0 Å². The maximum absolute atomic E-state index is 4.38. The van der Waals surface area contributed by atoms with Crippen LogP contribution in [-0.4, -0.2) is 51.7 Å². The number of hydrogen-bond acceptors (Lipinski definition) is 7. The Kier molecular flexibility index (Phi) is 5.30. The third-order valence-electron chi connectivity index (χ3n) is 2.79. The zero-order valence-corrected chi connectivity index (χ0v) is 12.7. The molecule has 0 unspecified atom stereocenters. The van der Waals surface area contributed by atoms with Crippen molar-refractivity contribution >= 4 is 17.8 Å². The van der Waals surface area contributed by atoms with Gasteiger partial charge in [-0.25, -0.2) is 4.98 Å². The van der Waals surface area contributed by atoms with Crippen LogP contribution in [-0.2, 0) is 6.54 Å². The Morgan fingerprint density at radius 1 is 1.14 bits per heavy atom. The number of aryl methyl sites for hydroxylation is 1. The molecule has 8 heteroatoms. The molecule has 114 valence electrons. The lowest BCUT2D eigenvalue weighted by molar-refractivity contribution is 0.659. The molecule has 0 amide bonds. The van der Waals surface area contributed by atoms with Gasteiger partial charge in [-0.2, -0.15) is 15.0 Å². The molecular weight excluding hydrogens is 268 g/mol. The lowest BCUT2D eigenvalue weighted by Gasteiger charge is -2.13. The van der Waals surface area contributed by atoms with Crippen molar-refractivity contribution in [2.75, 3.05) is 42.7 Å². The summed E-state index contributed by atoms with van der Waals surface area (Å²) in [6, 6.07) is 0. The molecule has 0 saturated heterocycles. The molecule has 0 aliphatic heterocycles. The topological polar surface area (TPSA) is 83.8 Å². The van der Waals surface area contributed by atoms with E-state index in [-0.39, 0.29) is 0 Å². The second-order valence-corrected chi connectivity index (χ2v) is 4.79. The van der Waals surface area contributed by atoms with Crippen molar-refractivity contribution in [2.24, 2.45) is 0 Å². The monoisotopic (exact) mass is 290 g/mol. The molecule has 2 N–H and O–H groups in total. The molecule has 21 heavy (non-hydrogen) atoms. The number of imidazole rings is 1. The highest BCUT2D eigenvalue weighted by Gasteiger charge is 2.07. The Labute approximate surface area is 124 Å². The van der Waals surface area contributed by atoms with Gasteiger partial charge in [-0.3, -0.25) is 0 Å². The lowest BCUT2D eigenvalue weighted by atomic mass is 10.4. The van der Waals surface area contributed by atoms with Gasteiger partial charge in [0, 0.05) is 46.1 Å². The minimum atomic E-state index is 0.591. The van der Waals surface area contributed by atoms with Crippen molar-refractivity contribution < 1.29 is 0 Å². The van der Waals surface area contributed by atoms with E-state index in [1.807, 2.05) is 43.0 Å². The first-order valence-corrected chi connectivity index (χ1v) is 7.06. The van der Waals surface area contributed by atoms with Gasteiger partial charge >= 0.3 is 0 Å². The number of nitrogens with zero attached hydrogens (tertiary/aromatic N) is 6. The molecule has 0 atom stereocenters. The summed E-state index contributed by atoms with van der Waals surface area (Å²) in [6.07, 6.45) is 6.52. The van der Waals surface area contributed by atoms with E-state index in [9.17, 15) is 0 Å². The number of anilines is 3. The van der Waals surface area contributed by atoms with E-state index in [0.717, 1.165) is 26.1 Å². The minimum absolute atomic E-state index is 0.591. The molecular formula is C13H22N8. The van der Waals surface area contributed by atoms with Crippen LogP contribution in [0, 0.1) is 0 Å². The van der Waals surface area contributed by atoms with Gasteiger partial charge in [0.2, 0.25) is 17.8 Å². The predicted molar refractivity (Wildman–Crippen MR) is 83.7 cm³/mol. The summed E-state index contributed by atoms with van der Waals surface area (Å²) in [5, 5.41) is 6.35. The van der Waals surface area contributed by atoms with Crippen LogP contribution in [0.2, 0.25) is 0 Å². The Morgan fingerprint density at radius 2 is 1.90 bits per heavy atom. The summed E-state index contributed by atoms with van der Waals surface area (Å²) in [4.78, 5) is 18.9. The zero-order chi connectivity index (χ0) is 15.1. The van der Waals surface area contributed by atoms with Gasteiger partial charge in [0.15, 0.2) is 0 Å². The molecule has 0 aliphatic rings. The SMILES string of the molecule is CCNc1nc(NCCCn2ccnc2)nc(N(C)C)n1. The van der Waals surface area contributed by atoms with Gasteiger partial charge in [-0.1, -0.05) is 0 Å². The fourth-order valence-electron chi connectivity index (χ4n) is 1.76. The Bertz CT molecular complexity index is 537. The third kappa shape index (κ3) is 4.59. The summed E-state index contributed by atoms with van der Waals surface area (Å²) >= 11 is 0. The zero-order valence-electron chi connectivity index (χ0n) is 12.7. The van der Waals surface area contributed by atoms with Crippen molar-refractivity contribution in [1.29, 1.82) is 0 Å². The van der Waals surface area contributed by atoms with E-state index in [1.54, 1.807) is 6.20 Å². The van der Waals surface area contributed by atoms with Crippen molar-refractivity contribution in [2.45, 2.75) is 19.9 Å². The van der Waals surface area contributed by atoms with Gasteiger partial charge in [0.05, 0.1) is 6.33 Å². The Morgan fingerprint density at radius 3 is 2.52 bits per heavy atom. The minimum Gasteiger partial charge on any atom is -0.354 e. The quantitative estimate of drug-likeness (QED) is 0.703. The molecule has 2 aromatic rings. The summed E-state index contributed by atoms with van der Waals surface area (Å²) < 4.78 is 2.05. The molecule has 0 spiro atoms. The first-order chi connectivity index (χ1) is 10.2. The average molecular weight is 290 g/mol. The van der Waals surface area contributed by atoms with Crippen LogP contribution < -0.4 is 15.5 Å². The number of nitrogens with one attached hydrogen (secondary N) is 2. The van der Waals surface area contributed by atoms with Crippen LogP contribution in [0.15, 0.2) is 18.7 Å². The molecule has 0 saturated carbocycles. The van der Waals surface area contributed by atoms with Crippen LogP contribution in [0.1, 0.15) is 13.3 Å². The van der Waals surface area contributed by atoms with Gasteiger partial charge < -0.3 is 20.1 Å². The third-order valence-corrected chi connectivity index (χ3v) is 2.79. The maximum Gasteiger partial charge on any atom is 0.231 e. The highest BCUT2D eigenvalue weighted by molar-refractivity contribution is 5.42. The van der Waals surface area contributed by atoms with E-state index in [1.165, 1.54) is 0 Å². The molecule has 2 rings (SSSR count). The van der Waals surface area contributed by atoms with Crippen molar-refractivity contribution in [3.05, 3.63) is 18.7 Å². The van der Waals surface area contributed by atoms with Gasteiger partial charge in [0.1, 0.15) is 0 Å². The smallest absolute Gasteiger partial charge is 0.231 e. The first-order valence-electron chi connectivity index (χ1n) is 7.06. The normalized spacial score (nSPS) is 10.4. The van der Waals surface area contributed by atoms with Crippen LogP contribution >= 0.6 is 0 Å². The van der Waals surface area contributed by atoms with Gasteiger partial charge in [0.25, 0.3) is 0 Å². The standard InChI is InChI=1S/C13H22N8/c1-4-15-11-17-12(19-13(18-11)20(2)3)16-6-5-8-21-9-7-14-10-21/h7,9-10H,4-6,8H2,1-3H3,(H2,15,16,17,18,19). The molecule has 8 nitrogen and oxygen atoms in total. The van der Waals surface area contributed by atoms with Crippen LogP contribution in [0.25, 0.3) is 0 Å². The van der Waals surface area contributed by atoms with Crippen molar-refractivity contribution in [3.8, 4) is 0 Å². The van der Waals surface area contributed by atoms with Crippen LogP contribution in [0.4, 0.5) is 17.8 Å². The molecule has 0 bridgehead atoms. The summed E-state index contributed by atoms with van der Waals surface area (Å²) in [7, 11) is 3.82. The number of rotatable bonds is 8. The van der Waals surface area contributed by atoms with E-state index < -0.39 is 0 Å². The molecule has 0 aromatic carbocycles. The predicted octanol–water partition coefficient (Wildman–Crippen LogP) is 1.07. The van der Waals surface area contributed by atoms with Crippen LogP contribution in [0.5, 0.6) is 0 Å². The second-order valence-electron chi connectivity index (χ2n) is 4.79. The Balaban J connectivity index is 1.91. The van der Waals surface area contributed by atoms with E-state index in [2.05, 4.69) is 30.6 Å². The van der Waals surface area contributed by atoms with Gasteiger partial charge in [-0.05, 0) is 13.3 Å². The fraction of sp³-hybridized carbons (Fsp3) is 0.538. The van der Waals surface area contributed by atoms with E-state index >= 15 is 0 Å². The summed E-state index contributed by atoms with van der Waals surface area (Å²) in [6.45, 7) is 4.49. The molecule has 0 aliphatic carbocycles. The number of aromatic nitrogens is 5. The molecule has 0 radical (unpaired) electrons. The van der Waals surface area contributed by atoms with E-state index in [0.29, 0.717) is 17.8 Å². The molecule has 2 heterocycles. The molecule has 0 fully saturated rings. The summed E-state index contributed by atoms with van der Waals surface area (Å²) in [5.41, 5.74) is 0. The van der Waals surface area contributed by atoms with E-state index in [4.69, 9.17) is 0 Å². The fourth-order valence-corrected chi connectivity index (χ4v) is 1.76. The first kappa shape index (κ1) is 15.0. The number of hydrogen-bond donors (Lipinski definition) is 2. The van der Waals surface area contributed by atoms with Crippen molar-refractivity contribution in [1.82, 2.24) is 24.5 Å². The Hall–Kier alpha value is -2.38. The molecule has 2 aromatic heterocycles. The lowest BCUT2D eigenvalue weighted by Crippen LogP contribution is -2.17. The highest BCUT2D eigenvalue weighted by atomic mass is 15.3. The average Bonchev–Trinajstić information content (AvgIpc) is 2.97. The largest absolute Gasteiger partial charge is 0.354 e. The highest BCUT2D eigenvalue weighted by Crippen LogP contribution is 2.11. The van der Waals surface area contributed by atoms with Crippen LogP contribution in [0.3, 0.4) is 0 Å².